The monoisotopic (exact) mass is 371 g/mol. The molecule has 128 valence electrons. The molecule has 0 radical (unpaired) electrons. The van der Waals surface area contributed by atoms with E-state index in [0.29, 0.717) is 21.1 Å². The van der Waals surface area contributed by atoms with Gasteiger partial charge in [-0.1, -0.05) is 30.5 Å². The third kappa shape index (κ3) is 3.83. The first-order chi connectivity index (χ1) is 12.2. The number of thioether (sulfide) groups is 1. The molecule has 25 heavy (non-hydrogen) atoms. The number of nitrogens with one attached hydrogen (secondary N) is 1. The van der Waals surface area contributed by atoms with Crippen LogP contribution in [0.1, 0.15) is 37.3 Å². The first-order valence-corrected chi connectivity index (χ1v) is 9.59. The molecule has 0 atom stereocenters. The van der Waals surface area contributed by atoms with Crippen LogP contribution in [0.2, 0.25) is 5.02 Å². The Bertz CT molecular complexity index is 865. The molecular weight excluding hydrogens is 354 g/mol. The number of hydrogen-bond acceptors (Lipinski definition) is 3. The van der Waals surface area contributed by atoms with E-state index in [1.54, 1.807) is 12.1 Å². The molecule has 0 unspecified atom stereocenters. The molecule has 1 saturated carbocycles. The van der Waals surface area contributed by atoms with Gasteiger partial charge in [0, 0.05) is 23.5 Å². The van der Waals surface area contributed by atoms with E-state index < -0.39 is 0 Å². The maximum absolute atomic E-state index is 12.2. The number of halogens is 1. The molecule has 1 N–H and O–H groups in total. The summed E-state index contributed by atoms with van der Waals surface area (Å²) in [6.07, 6.45) is 11.3. The maximum atomic E-state index is 12.2. The Morgan fingerprint density at radius 2 is 2.12 bits per heavy atom. The molecule has 2 aliphatic rings. The van der Waals surface area contributed by atoms with Crippen LogP contribution in [0.4, 0.5) is 5.69 Å². The van der Waals surface area contributed by atoms with Crippen molar-refractivity contribution >= 4 is 46.2 Å². The van der Waals surface area contributed by atoms with Crippen LogP contribution >= 0.6 is 23.4 Å². The summed E-state index contributed by atoms with van der Waals surface area (Å²) in [4.78, 5) is 17.3. The largest absolute Gasteiger partial charge is 0.351 e. The van der Waals surface area contributed by atoms with E-state index in [0.717, 1.165) is 11.3 Å². The van der Waals surface area contributed by atoms with Gasteiger partial charge in [-0.15, -0.1) is 0 Å². The van der Waals surface area contributed by atoms with Gasteiger partial charge >= 0.3 is 0 Å². The number of amidine groups is 1. The molecule has 0 bridgehead atoms. The predicted octanol–water partition coefficient (Wildman–Crippen LogP) is 5.15. The lowest BCUT2D eigenvalue weighted by Crippen LogP contribution is -2.19. The van der Waals surface area contributed by atoms with Crippen LogP contribution in [0.3, 0.4) is 0 Å². The highest BCUT2D eigenvalue weighted by atomic mass is 35.5. The third-order valence-electron chi connectivity index (χ3n) is 4.47. The molecule has 1 aromatic carbocycles. The average molecular weight is 372 g/mol. The molecule has 1 amide bonds. The summed E-state index contributed by atoms with van der Waals surface area (Å²) in [6, 6.07) is 9.93. The Morgan fingerprint density at radius 1 is 1.28 bits per heavy atom. The number of amides is 1. The lowest BCUT2D eigenvalue weighted by Gasteiger charge is -2.10. The SMILES string of the molecule is O=C1NC(=Nc2cccc(Cl)c2)S/C1=C/c1ccn(C2CCCC2)c1. The minimum atomic E-state index is -0.112. The molecular formula is C19H18ClN3OS. The molecule has 4 nitrogen and oxygen atoms in total. The summed E-state index contributed by atoms with van der Waals surface area (Å²) < 4.78 is 2.28. The molecule has 2 aromatic rings. The minimum Gasteiger partial charge on any atom is -0.351 e. The van der Waals surface area contributed by atoms with E-state index in [1.165, 1.54) is 37.4 Å². The highest BCUT2D eigenvalue weighted by Gasteiger charge is 2.24. The van der Waals surface area contributed by atoms with Crippen LogP contribution in [0.15, 0.2) is 52.6 Å². The Hall–Kier alpha value is -1.98. The van der Waals surface area contributed by atoms with Crippen LogP contribution < -0.4 is 5.32 Å². The Kier molecular flexibility index (Phi) is 4.68. The standard InChI is InChI=1S/C19H18ClN3OS/c20-14-4-3-5-15(11-14)21-19-22-18(24)17(25-19)10-13-8-9-23(12-13)16-6-1-2-7-16/h3-5,8-12,16H,1-2,6-7H2,(H,21,22,24)/b17-10+. The van der Waals surface area contributed by atoms with Crippen molar-refractivity contribution in [1.29, 1.82) is 0 Å². The maximum Gasteiger partial charge on any atom is 0.264 e. The quantitative estimate of drug-likeness (QED) is 0.758. The molecule has 0 spiro atoms. The van der Waals surface area contributed by atoms with Gasteiger partial charge in [-0.3, -0.25) is 4.79 Å². The smallest absolute Gasteiger partial charge is 0.264 e. The van der Waals surface area contributed by atoms with Crippen molar-refractivity contribution in [2.75, 3.05) is 0 Å². The molecule has 4 rings (SSSR count). The highest BCUT2D eigenvalue weighted by Crippen LogP contribution is 2.32. The van der Waals surface area contributed by atoms with E-state index in [9.17, 15) is 4.79 Å². The van der Waals surface area contributed by atoms with Gasteiger partial charge in [0.15, 0.2) is 5.17 Å². The van der Waals surface area contributed by atoms with Gasteiger partial charge in [0.25, 0.3) is 5.91 Å². The fraction of sp³-hybridized carbons (Fsp3) is 0.263. The minimum absolute atomic E-state index is 0.112. The topological polar surface area (TPSA) is 46.4 Å². The molecule has 1 aromatic heterocycles. The zero-order chi connectivity index (χ0) is 17.2. The molecule has 1 aliphatic heterocycles. The number of aliphatic imine (C=N–C) groups is 1. The molecule has 2 fully saturated rings. The molecule has 2 heterocycles. The Morgan fingerprint density at radius 3 is 2.92 bits per heavy atom. The highest BCUT2D eigenvalue weighted by molar-refractivity contribution is 8.18. The Labute approximate surface area is 156 Å². The number of rotatable bonds is 3. The summed E-state index contributed by atoms with van der Waals surface area (Å²) in [7, 11) is 0. The van der Waals surface area contributed by atoms with Gasteiger partial charge in [0.1, 0.15) is 0 Å². The summed E-state index contributed by atoms with van der Waals surface area (Å²) in [5.74, 6) is -0.112. The van der Waals surface area contributed by atoms with E-state index >= 15 is 0 Å². The lowest BCUT2D eigenvalue weighted by molar-refractivity contribution is -0.115. The van der Waals surface area contributed by atoms with Crippen LogP contribution in [-0.2, 0) is 4.79 Å². The zero-order valence-corrected chi connectivity index (χ0v) is 15.2. The number of carbonyl (C=O) groups excluding carboxylic acids is 1. The summed E-state index contributed by atoms with van der Waals surface area (Å²) in [6.45, 7) is 0. The van der Waals surface area contributed by atoms with Crippen LogP contribution in [0.5, 0.6) is 0 Å². The van der Waals surface area contributed by atoms with Gasteiger partial charge in [0.2, 0.25) is 0 Å². The first-order valence-electron chi connectivity index (χ1n) is 8.40. The number of aromatic nitrogens is 1. The number of carbonyl (C=O) groups is 1. The van der Waals surface area contributed by atoms with E-state index in [1.807, 2.05) is 18.2 Å². The van der Waals surface area contributed by atoms with Crippen molar-refractivity contribution in [3.8, 4) is 0 Å². The molecule has 6 heteroatoms. The molecule has 1 saturated heterocycles. The fourth-order valence-electron chi connectivity index (χ4n) is 3.24. The van der Waals surface area contributed by atoms with Crippen LogP contribution in [0.25, 0.3) is 6.08 Å². The van der Waals surface area contributed by atoms with Crippen LogP contribution in [0, 0.1) is 0 Å². The second-order valence-corrected chi connectivity index (χ2v) is 7.76. The predicted molar refractivity (Wildman–Crippen MR) is 104 cm³/mol. The van der Waals surface area contributed by atoms with Gasteiger partial charge in [-0.2, -0.15) is 0 Å². The van der Waals surface area contributed by atoms with Gasteiger partial charge < -0.3 is 9.88 Å². The first kappa shape index (κ1) is 16.5. The fourth-order valence-corrected chi connectivity index (χ4v) is 4.27. The van der Waals surface area contributed by atoms with Gasteiger partial charge in [-0.25, -0.2) is 4.99 Å². The van der Waals surface area contributed by atoms with Crippen LogP contribution in [-0.4, -0.2) is 15.6 Å². The van der Waals surface area contributed by atoms with Crippen molar-refractivity contribution in [2.24, 2.45) is 4.99 Å². The van der Waals surface area contributed by atoms with Crippen molar-refractivity contribution in [3.63, 3.8) is 0 Å². The van der Waals surface area contributed by atoms with Crippen molar-refractivity contribution < 1.29 is 4.79 Å². The number of nitrogens with zero attached hydrogens (tertiary/aromatic N) is 2. The average Bonchev–Trinajstić information content (AvgIpc) is 3.30. The molecule has 1 aliphatic carbocycles. The van der Waals surface area contributed by atoms with E-state index in [4.69, 9.17) is 11.6 Å². The zero-order valence-electron chi connectivity index (χ0n) is 13.6. The van der Waals surface area contributed by atoms with Gasteiger partial charge in [0.05, 0.1) is 10.6 Å². The third-order valence-corrected chi connectivity index (χ3v) is 5.62. The summed E-state index contributed by atoms with van der Waals surface area (Å²) in [5.41, 5.74) is 1.78. The second-order valence-electron chi connectivity index (χ2n) is 6.29. The normalized spacial score (nSPS) is 21.4. The number of hydrogen-bond donors (Lipinski definition) is 1. The van der Waals surface area contributed by atoms with Crippen molar-refractivity contribution in [2.45, 2.75) is 31.7 Å². The van der Waals surface area contributed by atoms with E-state index in [2.05, 4.69) is 33.3 Å². The lowest BCUT2D eigenvalue weighted by atomic mass is 10.2. The summed E-state index contributed by atoms with van der Waals surface area (Å²) >= 11 is 7.33. The van der Waals surface area contributed by atoms with Gasteiger partial charge in [-0.05, 0) is 60.5 Å². The van der Waals surface area contributed by atoms with E-state index in [-0.39, 0.29) is 5.91 Å². The van der Waals surface area contributed by atoms with Crippen molar-refractivity contribution in [3.05, 3.63) is 58.2 Å². The second kappa shape index (κ2) is 7.10. The Balaban J connectivity index is 1.51. The van der Waals surface area contributed by atoms with Crippen molar-refractivity contribution in [1.82, 2.24) is 9.88 Å². The number of benzene rings is 1. The summed E-state index contributed by atoms with van der Waals surface area (Å²) in [5, 5.41) is 4.01.